The van der Waals surface area contributed by atoms with E-state index in [9.17, 15) is 0 Å². The van der Waals surface area contributed by atoms with E-state index in [0.717, 1.165) is 23.6 Å². The maximum absolute atomic E-state index is 5.32. The van der Waals surface area contributed by atoms with Crippen LogP contribution in [0.25, 0.3) is 0 Å². The van der Waals surface area contributed by atoms with Crippen LogP contribution in [-0.2, 0) is 6.54 Å². The molecule has 0 saturated carbocycles. The molecule has 2 heterocycles. The molecule has 1 aromatic carbocycles. The minimum Gasteiger partial charge on any atom is -0.454 e. The van der Waals surface area contributed by atoms with Crippen molar-refractivity contribution in [1.29, 1.82) is 0 Å². The smallest absolute Gasteiger partial charge is 0.231 e. The number of hydrogen-bond acceptors (Lipinski definition) is 3. The molecule has 0 bridgehead atoms. The molecule has 0 atom stereocenters. The first-order valence-electron chi connectivity index (χ1n) is 5.17. The summed E-state index contributed by atoms with van der Waals surface area (Å²) in [4.78, 5) is 0. The molecule has 0 unspecified atom stereocenters. The van der Waals surface area contributed by atoms with Crippen LogP contribution in [0.1, 0.15) is 5.56 Å². The van der Waals surface area contributed by atoms with Gasteiger partial charge >= 0.3 is 0 Å². The van der Waals surface area contributed by atoms with Crippen molar-refractivity contribution in [2.24, 2.45) is 0 Å². The SMILES string of the molecule is c1ccn(NCc2ccc3c(c2)OCO3)c1. The molecule has 0 amide bonds. The Balaban J connectivity index is 1.71. The third-order valence-electron chi connectivity index (χ3n) is 2.51. The first-order chi connectivity index (χ1) is 7.92. The first kappa shape index (κ1) is 9.15. The van der Waals surface area contributed by atoms with Crippen LogP contribution in [0.5, 0.6) is 11.5 Å². The van der Waals surface area contributed by atoms with Gasteiger partial charge in [0.1, 0.15) is 0 Å². The van der Waals surface area contributed by atoms with E-state index in [0.29, 0.717) is 6.79 Å². The molecule has 16 heavy (non-hydrogen) atoms. The molecule has 0 fully saturated rings. The van der Waals surface area contributed by atoms with Crippen LogP contribution in [0, 0.1) is 0 Å². The summed E-state index contributed by atoms with van der Waals surface area (Å²) in [5.74, 6) is 1.65. The molecule has 0 spiro atoms. The number of fused-ring (bicyclic) bond motifs is 1. The monoisotopic (exact) mass is 216 g/mol. The fourth-order valence-corrected chi connectivity index (χ4v) is 1.67. The average molecular weight is 216 g/mol. The van der Waals surface area contributed by atoms with Gasteiger partial charge in [-0.1, -0.05) is 6.07 Å². The molecule has 0 radical (unpaired) electrons. The summed E-state index contributed by atoms with van der Waals surface area (Å²) in [6.07, 6.45) is 3.93. The van der Waals surface area contributed by atoms with E-state index in [2.05, 4.69) is 5.43 Å². The van der Waals surface area contributed by atoms with Crippen molar-refractivity contribution in [3.63, 3.8) is 0 Å². The Morgan fingerprint density at radius 2 is 1.94 bits per heavy atom. The standard InChI is InChI=1S/C12H12N2O2/c1-2-6-14(5-1)13-8-10-3-4-11-12(7-10)16-9-15-11/h1-7,13H,8-9H2. The molecule has 2 aromatic rings. The van der Waals surface area contributed by atoms with Gasteiger partial charge in [0.25, 0.3) is 0 Å². The van der Waals surface area contributed by atoms with Crippen molar-refractivity contribution in [3.05, 3.63) is 48.3 Å². The molecule has 1 aliphatic heterocycles. The van der Waals surface area contributed by atoms with Crippen LogP contribution < -0.4 is 14.9 Å². The zero-order chi connectivity index (χ0) is 10.8. The van der Waals surface area contributed by atoms with Gasteiger partial charge in [-0.25, -0.2) is 0 Å². The van der Waals surface area contributed by atoms with E-state index in [4.69, 9.17) is 9.47 Å². The van der Waals surface area contributed by atoms with Crippen molar-refractivity contribution < 1.29 is 9.47 Å². The number of aromatic nitrogens is 1. The Bertz CT molecular complexity index is 480. The Morgan fingerprint density at radius 3 is 2.81 bits per heavy atom. The summed E-state index contributed by atoms with van der Waals surface area (Å²) in [5, 5.41) is 0. The van der Waals surface area contributed by atoms with Gasteiger partial charge in [-0.05, 0) is 29.8 Å². The average Bonchev–Trinajstić information content (AvgIpc) is 2.97. The lowest BCUT2D eigenvalue weighted by atomic mass is 10.2. The van der Waals surface area contributed by atoms with E-state index >= 15 is 0 Å². The van der Waals surface area contributed by atoms with Crippen molar-refractivity contribution in [3.8, 4) is 11.5 Å². The number of hydrogen-bond donors (Lipinski definition) is 1. The van der Waals surface area contributed by atoms with E-state index < -0.39 is 0 Å². The van der Waals surface area contributed by atoms with Gasteiger partial charge in [-0.15, -0.1) is 0 Å². The molecule has 1 aliphatic rings. The molecule has 4 nitrogen and oxygen atoms in total. The number of nitrogens with one attached hydrogen (secondary N) is 1. The van der Waals surface area contributed by atoms with Gasteiger partial charge < -0.3 is 14.9 Å². The molecule has 4 heteroatoms. The second-order valence-electron chi connectivity index (χ2n) is 3.61. The van der Waals surface area contributed by atoms with Crippen LogP contribution in [0.4, 0.5) is 0 Å². The maximum atomic E-state index is 5.32. The quantitative estimate of drug-likeness (QED) is 0.851. The zero-order valence-corrected chi connectivity index (χ0v) is 8.72. The Morgan fingerprint density at radius 1 is 1.12 bits per heavy atom. The lowest BCUT2D eigenvalue weighted by Gasteiger charge is -2.07. The maximum Gasteiger partial charge on any atom is 0.231 e. The highest BCUT2D eigenvalue weighted by molar-refractivity contribution is 5.44. The van der Waals surface area contributed by atoms with Crippen LogP contribution in [-0.4, -0.2) is 11.5 Å². The van der Waals surface area contributed by atoms with Crippen LogP contribution in [0.3, 0.4) is 0 Å². The fourth-order valence-electron chi connectivity index (χ4n) is 1.67. The van der Waals surface area contributed by atoms with Crippen molar-refractivity contribution in [1.82, 2.24) is 4.68 Å². The van der Waals surface area contributed by atoms with Gasteiger partial charge in [0, 0.05) is 12.4 Å². The second-order valence-corrected chi connectivity index (χ2v) is 3.61. The third-order valence-corrected chi connectivity index (χ3v) is 2.51. The summed E-state index contributed by atoms with van der Waals surface area (Å²) < 4.78 is 12.5. The molecule has 3 rings (SSSR count). The van der Waals surface area contributed by atoms with Gasteiger partial charge in [0.2, 0.25) is 6.79 Å². The summed E-state index contributed by atoms with van der Waals surface area (Å²) >= 11 is 0. The summed E-state index contributed by atoms with van der Waals surface area (Å²) in [7, 11) is 0. The lowest BCUT2D eigenvalue weighted by Crippen LogP contribution is -2.11. The minimum absolute atomic E-state index is 0.323. The Kier molecular flexibility index (Phi) is 2.18. The van der Waals surface area contributed by atoms with E-state index in [1.807, 2.05) is 47.4 Å². The lowest BCUT2D eigenvalue weighted by molar-refractivity contribution is 0.174. The highest BCUT2D eigenvalue weighted by atomic mass is 16.7. The van der Waals surface area contributed by atoms with Crippen LogP contribution in [0.15, 0.2) is 42.7 Å². The van der Waals surface area contributed by atoms with Crippen molar-refractivity contribution >= 4 is 0 Å². The van der Waals surface area contributed by atoms with Gasteiger partial charge in [-0.2, -0.15) is 0 Å². The predicted octanol–water partition coefficient (Wildman–Crippen LogP) is 1.96. The van der Waals surface area contributed by atoms with Crippen molar-refractivity contribution in [2.45, 2.75) is 6.54 Å². The molecular formula is C12H12N2O2. The second kappa shape index (κ2) is 3.81. The number of nitrogens with zero attached hydrogens (tertiary/aromatic N) is 1. The molecule has 1 N–H and O–H groups in total. The Hall–Kier alpha value is -2.10. The van der Waals surface area contributed by atoms with E-state index in [1.165, 1.54) is 0 Å². The Labute approximate surface area is 93.4 Å². The summed E-state index contributed by atoms with van der Waals surface area (Å²) in [6.45, 7) is 1.08. The van der Waals surface area contributed by atoms with Gasteiger partial charge in [0.05, 0.1) is 6.54 Å². The molecule has 0 aliphatic carbocycles. The molecular weight excluding hydrogens is 204 g/mol. The topological polar surface area (TPSA) is 35.4 Å². The predicted molar refractivity (Wildman–Crippen MR) is 60.1 cm³/mol. The number of benzene rings is 1. The number of ether oxygens (including phenoxy) is 2. The van der Waals surface area contributed by atoms with Crippen LogP contribution >= 0.6 is 0 Å². The summed E-state index contributed by atoms with van der Waals surface area (Å²) in [5.41, 5.74) is 4.42. The molecule has 1 aromatic heterocycles. The largest absolute Gasteiger partial charge is 0.454 e. The minimum atomic E-state index is 0.323. The van der Waals surface area contributed by atoms with Gasteiger partial charge in [-0.3, -0.25) is 4.68 Å². The third kappa shape index (κ3) is 1.69. The fraction of sp³-hybridized carbons (Fsp3) is 0.167. The van der Waals surface area contributed by atoms with Crippen molar-refractivity contribution in [2.75, 3.05) is 12.2 Å². The highest BCUT2D eigenvalue weighted by Crippen LogP contribution is 2.32. The molecule has 0 saturated heterocycles. The van der Waals surface area contributed by atoms with Crippen LogP contribution in [0.2, 0.25) is 0 Å². The van der Waals surface area contributed by atoms with E-state index in [-0.39, 0.29) is 0 Å². The van der Waals surface area contributed by atoms with E-state index in [1.54, 1.807) is 0 Å². The number of rotatable bonds is 3. The first-order valence-corrected chi connectivity index (χ1v) is 5.17. The zero-order valence-electron chi connectivity index (χ0n) is 8.72. The van der Waals surface area contributed by atoms with Gasteiger partial charge in [0.15, 0.2) is 11.5 Å². The summed E-state index contributed by atoms with van der Waals surface area (Å²) in [6, 6.07) is 9.93. The highest BCUT2D eigenvalue weighted by Gasteiger charge is 2.12. The molecule has 82 valence electrons. The normalized spacial score (nSPS) is 12.8.